The van der Waals surface area contributed by atoms with Crippen LogP contribution in [0.4, 0.5) is 0 Å². The van der Waals surface area contributed by atoms with Gasteiger partial charge in [-0.1, -0.05) is 6.07 Å². The second kappa shape index (κ2) is 5.46. The minimum Gasteiger partial charge on any atom is -0.480 e. The number of ether oxygens (including phenoxy) is 2. The van der Waals surface area contributed by atoms with E-state index < -0.39 is 11.5 Å². The summed E-state index contributed by atoms with van der Waals surface area (Å²) in [7, 11) is 0. The quantitative estimate of drug-likeness (QED) is 0.870. The Morgan fingerprint density at radius 2 is 1.81 bits per heavy atom. The minimum absolute atomic E-state index is 0.280. The summed E-state index contributed by atoms with van der Waals surface area (Å²) in [6.45, 7) is 1.73. The Hall–Kier alpha value is -1.92. The molecule has 6 heteroatoms. The molecule has 6 nitrogen and oxygen atoms in total. The van der Waals surface area contributed by atoms with Crippen molar-refractivity contribution in [1.82, 2.24) is 5.32 Å². The normalized spacial score (nSPS) is 19.8. The molecule has 1 aromatic rings. The zero-order chi connectivity index (χ0) is 14.9. The van der Waals surface area contributed by atoms with Gasteiger partial charge in [0.2, 0.25) is 0 Å². The van der Waals surface area contributed by atoms with Crippen LogP contribution in [-0.2, 0) is 27.5 Å². The van der Waals surface area contributed by atoms with E-state index in [2.05, 4.69) is 5.32 Å². The topological polar surface area (TPSA) is 84.9 Å². The summed E-state index contributed by atoms with van der Waals surface area (Å²) >= 11 is 0. The molecule has 2 aliphatic heterocycles. The number of aliphatic carboxylic acids is 1. The molecule has 3 rings (SSSR count). The molecule has 1 amide bonds. The fourth-order valence-corrected chi connectivity index (χ4v) is 2.71. The smallest absolute Gasteiger partial charge is 0.329 e. The van der Waals surface area contributed by atoms with Crippen LogP contribution >= 0.6 is 0 Å². The van der Waals surface area contributed by atoms with Crippen molar-refractivity contribution in [2.75, 3.05) is 13.2 Å². The van der Waals surface area contributed by atoms with Gasteiger partial charge in [-0.25, -0.2) is 4.79 Å². The Morgan fingerprint density at radius 3 is 2.52 bits per heavy atom. The molecule has 21 heavy (non-hydrogen) atoms. The maximum Gasteiger partial charge on any atom is 0.329 e. The lowest BCUT2D eigenvalue weighted by Gasteiger charge is -2.33. The molecule has 0 atom stereocenters. The second-order valence-electron chi connectivity index (χ2n) is 5.43. The number of rotatable bonds is 3. The van der Waals surface area contributed by atoms with Crippen LogP contribution in [0, 0.1) is 0 Å². The molecule has 0 radical (unpaired) electrons. The molecule has 0 saturated carbocycles. The van der Waals surface area contributed by atoms with Gasteiger partial charge in [0.15, 0.2) is 0 Å². The van der Waals surface area contributed by atoms with E-state index in [-0.39, 0.29) is 18.7 Å². The van der Waals surface area contributed by atoms with E-state index in [4.69, 9.17) is 9.47 Å². The van der Waals surface area contributed by atoms with Gasteiger partial charge in [0.25, 0.3) is 5.91 Å². The first-order valence-corrected chi connectivity index (χ1v) is 6.94. The molecule has 2 N–H and O–H groups in total. The van der Waals surface area contributed by atoms with Crippen LogP contribution in [0.1, 0.15) is 34.3 Å². The van der Waals surface area contributed by atoms with Crippen molar-refractivity contribution in [3.05, 3.63) is 34.9 Å². The van der Waals surface area contributed by atoms with Crippen LogP contribution in [0.25, 0.3) is 0 Å². The summed E-state index contributed by atoms with van der Waals surface area (Å²) < 4.78 is 10.5. The molecule has 2 heterocycles. The number of hydrogen-bond donors (Lipinski definition) is 2. The number of carboxylic acids is 1. The number of hydrogen-bond acceptors (Lipinski definition) is 4. The Labute approximate surface area is 122 Å². The second-order valence-corrected chi connectivity index (χ2v) is 5.43. The van der Waals surface area contributed by atoms with Crippen molar-refractivity contribution >= 4 is 11.9 Å². The molecule has 0 aromatic heterocycles. The molecule has 0 aliphatic carbocycles. The molecule has 1 fully saturated rings. The van der Waals surface area contributed by atoms with Gasteiger partial charge in [0.05, 0.1) is 13.2 Å². The summed E-state index contributed by atoms with van der Waals surface area (Å²) in [6, 6.07) is 5.33. The largest absolute Gasteiger partial charge is 0.480 e. The van der Waals surface area contributed by atoms with E-state index in [1.54, 1.807) is 12.1 Å². The van der Waals surface area contributed by atoms with E-state index in [1.165, 1.54) is 0 Å². The van der Waals surface area contributed by atoms with Crippen molar-refractivity contribution in [2.24, 2.45) is 0 Å². The van der Waals surface area contributed by atoms with E-state index in [0.29, 0.717) is 32.0 Å². The summed E-state index contributed by atoms with van der Waals surface area (Å²) in [4.78, 5) is 23.9. The molecular weight excluding hydrogens is 274 g/mol. The number of benzene rings is 1. The summed E-state index contributed by atoms with van der Waals surface area (Å²) in [6.07, 6.45) is 0.560. The predicted molar refractivity (Wildman–Crippen MR) is 72.8 cm³/mol. The highest BCUT2D eigenvalue weighted by molar-refractivity contribution is 5.98. The van der Waals surface area contributed by atoms with Crippen molar-refractivity contribution in [2.45, 2.75) is 31.6 Å². The van der Waals surface area contributed by atoms with Crippen molar-refractivity contribution in [3.63, 3.8) is 0 Å². The molecule has 0 unspecified atom stereocenters. The first kappa shape index (κ1) is 14.0. The number of fused-ring (bicyclic) bond motifs is 1. The predicted octanol–water partition coefficient (Wildman–Crippen LogP) is 1.08. The molecule has 1 saturated heterocycles. The van der Waals surface area contributed by atoms with Crippen LogP contribution in [0.15, 0.2) is 18.2 Å². The van der Waals surface area contributed by atoms with Crippen molar-refractivity contribution in [3.8, 4) is 0 Å². The molecule has 1 aromatic carbocycles. The molecule has 112 valence electrons. The van der Waals surface area contributed by atoms with Crippen LogP contribution in [0.5, 0.6) is 0 Å². The highest BCUT2D eigenvalue weighted by Crippen LogP contribution is 2.24. The highest BCUT2D eigenvalue weighted by Gasteiger charge is 2.41. The summed E-state index contributed by atoms with van der Waals surface area (Å²) in [5.74, 6) is -1.38. The van der Waals surface area contributed by atoms with Crippen molar-refractivity contribution < 1.29 is 24.2 Å². The third-order valence-corrected chi connectivity index (χ3v) is 4.09. The third-order valence-electron chi connectivity index (χ3n) is 4.09. The Morgan fingerprint density at radius 1 is 1.10 bits per heavy atom. The first-order valence-electron chi connectivity index (χ1n) is 6.94. The van der Waals surface area contributed by atoms with Gasteiger partial charge in [-0.2, -0.15) is 0 Å². The Kier molecular flexibility index (Phi) is 3.65. The van der Waals surface area contributed by atoms with Gasteiger partial charge in [0.1, 0.15) is 5.54 Å². The number of carboxylic acid groups (broad SMARTS) is 1. The molecular formula is C15H17NO5. The van der Waals surface area contributed by atoms with Gasteiger partial charge in [-0.15, -0.1) is 0 Å². The lowest BCUT2D eigenvalue weighted by molar-refractivity contribution is -0.148. The van der Waals surface area contributed by atoms with E-state index in [0.717, 1.165) is 11.1 Å². The van der Waals surface area contributed by atoms with E-state index >= 15 is 0 Å². The monoisotopic (exact) mass is 291 g/mol. The lowest BCUT2D eigenvalue weighted by atomic mass is 9.89. The average Bonchev–Trinajstić information content (AvgIpc) is 2.95. The SMILES string of the molecule is O=C(NC1(C(=O)O)CCOCC1)c1ccc2c(c1)COC2. The zero-order valence-corrected chi connectivity index (χ0v) is 11.6. The Balaban J connectivity index is 1.80. The number of carbonyl (C=O) groups is 2. The molecule has 2 aliphatic rings. The van der Waals surface area contributed by atoms with Crippen LogP contribution in [0.3, 0.4) is 0 Å². The van der Waals surface area contributed by atoms with Gasteiger partial charge in [-0.3, -0.25) is 4.79 Å². The van der Waals surface area contributed by atoms with Crippen LogP contribution in [0.2, 0.25) is 0 Å². The fraction of sp³-hybridized carbons (Fsp3) is 0.467. The standard InChI is InChI=1S/C15H17NO5/c17-13(10-1-2-11-8-21-9-12(11)7-10)16-15(14(18)19)3-5-20-6-4-15/h1-2,7H,3-6,8-9H2,(H,16,17)(H,18,19). The van der Waals surface area contributed by atoms with Crippen molar-refractivity contribution in [1.29, 1.82) is 0 Å². The van der Waals surface area contributed by atoms with Gasteiger partial charge in [0, 0.05) is 31.6 Å². The first-order chi connectivity index (χ1) is 10.1. The highest BCUT2D eigenvalue weighted by atomic mass is 16.5. The van der Waals surface area contributed by atoms with Crippen LogP contribution < -0.4 is 5.32 Å². The minimum atomic E-state index is -1.23. The van der Waals surface area contributed by atoms with Gasteiger partial charge >= 0.3 is 5.97 Å². The number of nitrogens with one attached hydrogen (secondary N) is 1. The average molecular weight is 291 g/mol. The van der Waals surface area contributed by atoms with E-state index in [9.17, 15) is 14.7 Å². The maximum absolute atomic E-state index is 12.4. The number of amides is 1. The van der Waals surface area contributed by atoms with E-state index in [1.807, 2.05) is 6.07 Å². The molecule has 0 spiro atoms. The maximum atomic E-state index is 12.4. The lowest BCUT2D eigenvalue weighted by Crippen LogP contribution is -2.57. The summed E-state index contributed by atoms with van der Waals surface area (Å²) in [5.41, 5.74) is 1.29. The zero-order valence-electron chi connectivity index (χ0n) is 11.6. The fourth-order valence-electron chi connectivity index (χ4n) is 2.71. The van der Waals surface area contributed by atoms with Gasteiger partial charge < -0.3 is 19.9 Å². The van der Waals surface area contributed by atoms with Crippen LogP contribution in [-0.4, -0.2) is 35.7 Å². The third kappa shape index (κ3) is 2.64. The number of carbonyl (C=O) groups excluding carboxylic acids is 1. The summed E-state index contributed by atoms with van der Waals surface area (Å²) in [5, 5.41) is 12.1. The Bertz CT molecular complexity index is 577. The van der Waals surface area contributed by atoms with Gasteiger partial charge in [-0.05, 0) is 23.3 Å². The molecule has 0 bridgehead atoms.